The molecule has 6 atom stereocenters. The van der Waals surface area contributed by atoms with Gasteiger partial charge in [-0.2, -0.15) is 0 Å². The number of fused-ring (bicyclic) bond motifs is 2. The molecule has 0 aromatic heterocycles. The first-order valence-electron chi connectivity index (χ1n) is 11.9. The molecular formula is C26H30N2O5S. The molecule has 3 fully saturated rings. The van der Waals surface area contributed by atoms with Crippen molar-refractivity contribution in [3.8, 4) is 0 Å². The van der Waals surface area contributed by atoms with Crippen LogP contribution in [0.5, 0.6) is 0 Å². The van der Waals surface area contributed by atoms with Gasteiger partial charge in [0.25, 0.3) is 0 Å². The van der Waals surface area contributed by atoms with Crippen LogP contribution in [0.25, 0.3) is 10.8 Å². The smallest absolute Gasteiger partial charge is 0.311 e. The van der Waals surface area contributed by atoms with Crippen LogP contribution in [0.4, 0.5) is 5.69 Å². The first-order chi connectivity index (χ1) is 16.3. The Morgan fingerprint density at radius 2 is 1.97 bits per heavy atom. The number of carbonyl (C=O) groups excluding carboxylic acids is 3. The van der Waals surface area contributed by atoms with Crippen molar-refractivity contribution in [2.45, 2.75) is 55.2 Å². The molecule has 0 radical (unpaired) electrons. The SMILES string of the molecule is CCOC(=O)[C@H]1[C@H]2C(=O)N([C@H](C)CO)C(C(=O)Nc3ccc4ccccc4c3)C23CC[C@]1(C)S3. The highest BCUT2D eigenvalue weighted by Crippen LogP contribution is 2.71. The minimum absolute atomic E-state index is 0.241. The van der Waals surface area contributed by atoms with Gasteiger partial charge in [-0.05, 0) is 56.5 Å². The average Bonchev–Trinajstić information content (AvgIpc) is 3.39. The third kappa shape index (κ3) is 3.26. The number of benzene rings is 2. The molecule has 34 heavy (non-hydrogen) atoms. The minimum Gasteiger partial charge on any atom is -0.466 e. The van der Waals surface area contributed by atoms with Gasteiger partial charge in [0.1, 0.15) is 6.04 Å². The van der Waals surface area contributed by atoms with Crippen LogP contribution in [0.3, 0.4) is 0 Å². The van der Waals surface area contributed by atoms with Gasteiger partial charge in [0, 0.05) is 10.4 Å². The van der Waals surface area contributed by atoms with E-state index in [2.05, 4.69) is 5.32 Å². The number of thioether (sulfide) groups is 1. The van der Waals surface area contributed by atoms with Gasteiger partial charge in [-0.15, -0.1) is 11.8 Å². The highest BCUT2D eigenvalue weighted by atomic mass is 32.2. The molecule has 2 bridgehead atoms. The number of hydrogen-bond acceptors (Lipinski definition) is 6. The lowest BCUT2D eigenvalue weighted by molar-refractivity contribution is -0.155. The van der Waals surface area contributed by atoms with Crippen molar-refractivity contribution in [1.29, 1.82) is 0 Å². The fraction of sp³-hybridized carbons (Fsp3) is 0.500. The topological polar surface area (TPSA) is 95.9 Å². The van der Waals surface area contributed by atoms with Gasteiger partial charge < -0.3 is 20.1 Å². The summed E-state index contributed by atoms with van der Waals surface area (Å²) in [5.74, 6) is -2.14. The number of aliphatic hydroxyl groups excluding tert-OH is 1. The van der Waals surface area contributed by atoms with Crippen molar-refractivity contribution >= 4 is 46.0 Å². The minimum atomic E-state index is -0.787. The Morgan fingerprint density at radius 1 is 1.24 bits per heavy atom. The summed E-state index contributed by atoms with van der Waals surface area (Å²) in [6.07, 6.45) is 1.39. The third-order valence-electron chi connectivity index (χ3n) is 7.76. The average molecular weight is 483 g/mol. The number of nitrogens with zero attached hydrogens (tertiary/aromatic N) is 1. The molecule has 2 unspecified atom stereocenters. The highest BCUT2D eigenvalue weighted by molar-refractivity contribution is 8.02. The van der Waals surface area contributed by atoms with Gasteiger partial charge in [-0.1, -0.05) is 30.3 Å². The second-order valence-corrected chi connectivity index (χ2v) is 11.7. The van der Waals surface area contributed by atoms with Gasteiger partial charge >= 0.3 is 5.97 Å². The van der Waals surface area contributed by atoms with E-state index in [9.17, 15) is 19.5 Å². The Kier molecular flexibility index (Phi) is 5.64. The lowest BCUT2D eigenvalue weighted by Crippen LogP contribution is -2.54. The normalized spacial score (nSPS) is 32.6. The van der Waals surface area contributed by atoms with Crippen LogP contribution in [0.1, 0.15) is 33.6 Å². The molecule has 1 spiro atoms. The molecule has 5 rings (SSSR count). The lowest BCUT2D eigenvalue weighted by Gasteiger charge is -2.35. The highest BCUT2D eigenvalue weighted by Gasteiger charge is 2.77. The van der Waals surface area contributed by atoms with Crippen molar-refractivity contribution < 1.29 is 24.2 Å². The number of likely N-dealkylation sites (tertiary alicyclic amines) is 1. The van der Waals surface area contributed by atoms with Crippen molar-refractivity contribution in [3.05, 3.63) is 42.5 Å². The van der Waals surface area contributed by atoms with Crippen molar-refractivity contribution in [1.82, 2.24) is 4.90 Å². The van der Waals surface area contributed by atoms with Crippen LogP contribution in [-0.2, 0) is 19.1 Å². The predicted molar refractivity (Wildman–Crippen MR) is 131 cm³/mol. The van der Waals surface area contributed by atoms with E-state index in [1.165, 1.54) is 4.90 Å². The standard InChI is InChI=1S/C26H30N2O5S/c1-4-33-24(32)20-19-23(31)28(15(2)14-29)21(26(19)12-11-25(20,3)34-26)22(30)27-18-10-9-16-7-5-6-8-17(16)13-18/h5-10,13,15,19-21,29H,4,11-12,14H2,1-3H3,(H,27,30)/t15-,19+,20-,21?,25+,26?/m1/s1. The van der Waals surface area contributed by atoms with E-state index in [1.54, 1.807) is 25.6 Å². The number of nitrogens with one attached hydrogen (secondary N) is 1. The number of aliphatic hydroxyl groups is 1. The summed E-state index contributed by atoms with van der Waals surface area (Å²) in [6.45, 7) is 5.49. The van der Waals surface area contributed by atoms with E-state index in [0.29, 0.717) is 12.1 Å². The zero-order valence-electron chi connectivity index (χ0n) is 19.6. The molecular weight excluding hydrogens is 452 g/mol. The molecule has 7 nitrogen and oxygen atoms in total. The van der Waals surface area contributed by atoms with Gasteiger partial charge in [0.2, 0.25) is 11.8 Å². The van der Waals surface area contributed by atoms with Crippen LogP contribution in [0, 0.1) is 11.8 Å². The molecule has 2 aromatic rings. The molecule has 3 aliphatic rings. The van der Waals surface area contributed by atoms with E-state index < -0.39 is 33.4 Å². The zero-order chi connectivity index (χ0) is 24.3. The predicted octanol–water partition coefficient (Wildman–Crippen LogP) is 3.20. The Balaban J connectivity index is 1.53. The molecule has 3 saturated heterocycles. The maximum absolute atomic E-state index is 13.8. The molecule has 3 heterocycles. The first kappa shape index (κ1) is 23.2. The molecule has 3 aliphatic heterocycles. The summed E-state index contributed by atoms with van der Waals surface area (Å²) in [5, 5.41) is 15.0. The van der Waals surface area contributed by atoms with Gasteiger partial charge in [0.05, 0.1) is 35.8 Å². The molecule has 180 valence electrons. The number of anilines is 1. The quantitative estimate of drug-likeness (QED) is 0.614. The molecule has 8 heteroatoms. The molecule has 2 N–H and O–H groups in total. The van der Waals surface area contributed by atoms with Crippen molar-refractivity contribution in [2.24, 2.45) is 11.8 Å². The largest absolute Gasteiger partial charge is 0.466 e. The number of amides is 2. The summed E-state index contributed by atoms with van der Waals surface area (Å²) in [5.41, 5.74) is 0.651. The number of hydrogen-bond donors (Lipinski definition) is 2. The Hall–Kier alpha value is -2.58. The first-order valence-corrected chi connectivity index (χ1v) is 12.7. The second-order valence-electron chi connectivity index (χ2n) is 9.81. The molecule has 0 saturated carbocycles. The monoisotopic (exact) mass is 482 g/mol. The van der Waals surface area contributed by atoms with Crippen molar-refractivity contribution in [3.63, 3.8) is 0 Å². The van der Waals surface area contributed by atoms with Crippen LogP contribution >= 0.6 is 11.8 Å². The van der Waals surface area contributed by atoms with E-state index >= 15 is 0 Å². The second kappa shape index (κ2) is 8.27. The fourth-order valence-corrected chi connectivity index (χ4v) is 8.62. The zero-order valence-corrected chi connectivity index (χ0v) is 20.4. The van der Waals surface area contributed by atoms with E-state index in [1.807, 2.05) is 49.4 Å². The van der Waals surface area contributed by atoms with Gasteiger partial charge in [0.15, 0.2) is 0 Å². The summed E-state index contributed by atoms with van der Waals surface area (Å²) in [6, 6.07) is 12.3. The third-order valence-corrected chi connectivity index (χ3v) is 9.75. The lowest BCUT2D eigenvalue weighted by atomic mass is 9.66. The van der Waals surface area contributed by atoms with E-state index in [-0.39, 0.29) is 31.0 Å². The van der Waals surface area contributed by atoms with E-state index in [4.69, 9.17) is 4.74 Å². The Labute approximate surface area is 203 Å². The van der Waals surface area contributed by atoms with Gasteiger partial charge in [-0.3, -0.25) is 14.4 Å². The molecule has 2 amide bonds. The number of carbonyl (C=O) groups is 3. The summed E-state index contributed by atoms with van der Waals surface area (Å²) in [7, 11) is 0. The van der Waals surface area contributed by atoms with Gasteiger partial charge in [-0.25, -0.2) is 0 Å². The van der Waals surface area contributed by atoms with Crippen LogP contribution in [-0.4, -0.2) is 62.6 Å². The Bertz CT molecular complexity index is 1170. The fourth-order valence-electron chi connectivity index (χ4n) is 6.29. The van der Waals surface area contributed by atoms with Crippen LogP contribution in [0.15, 0.2) is 42.5 Å². The van der Waals surface area contributed by atoms with Crippen LogP contribution < -0.4 is 5.32 Å². The number of rotatable bonds is 6. The summed E-state index contributed by atoms with van der Waals surface area (Å²) in [4.78, 5) is 42.2. The summed E-state index contributed by atoms with van der Waals surface area (Å²) < 4.78 is 4.19. The number of ether oxygens (including phenoxy) is 1. The maximum atomic E-state index is 13.8. The molecule has 0 aliphatic carbocycles. The molecule has 2 aromatic carbocycles. The van der Waals surface area contributed by atoms with Crippen LogP contribution in [0.2, 0.25) is 0 Å². The Morgan fingerprint density at radius 3 is 2.68 bits per heavy atom. The maximum Gasteiger partial charge on any atom is 0.311 e. The van der Waals surface area contributed by atoms with Crippen molar-refractivity contribution in [2.75, 3.05) is 18.5 Å². The number of esters is 1. The van der Waals surface area contributed by atoms with E-state index in [0.717, 1.165) is 17.2 Å². The summed E-state index contributed by atoms with van der Waals surface area (Å²) >= 11 is 1.59.